The molecule has 0 spiro atoms. The monoisotopic (exact) mass is 221 g/mol. The van der Waals surface area contributed by atoms with Crippen molar-refractivity contribution in [2.24, 2.45) is 0 Å². The molecule has 0 aliphatic rings. The van der Waals surface area contributed by atoms with Crippen molar-refractivity contribution in [3.8, 4) is 0 Å². The van der Waals surface area contributed by atoms with E-state index in [1.807, 2.05) is 0 Å². The molecule has 90 valence electrons. The summed E-state index contributed by atoms with van der Waals surface area (Å²) in [6.07, 6.45) is 0. The highest BCUT2D eigenvalue weighted by atomic mass is 16.5. The van der Waals surface area contributed by atoms with Gasteiger partial charge in [-0.1, -0.05) is 18.2 Å². The number of methoxy groups -OCH3 is 1. The molecule has 0 aliphatic heterocycles. The number of aryl methyl sites for hydroxylation is 2. The van der Waals surface area contributed by atoms with Crippen LogP contribution in [0.4, 0.5) is 0 Å². The van der Waals surface area contributed by atoms with Crippen LogP contribution >= 0.6 is 0 Å². The molecule has 0 fully saturated rings. The second-order valence-electron chi connectivity index (χ2n) is 5.04. The molecule has 1 rings (SSSR count). The van der Waals surface area contributed by atoms with Gasteiger partial charge in [0, 0.05) is 19.2 Å². The number of hydrogen-bond acceptors (Lipinski definition) is 2. The molecule has 1 aromatic carbocycles. The van der Waals surface area contributed by atoms with Gasteiger partial charge in [-0.15, -0.1) is 0 Å². The quantitative estimate of drug-likeness (QED) is 0.825. The Morgan fingerprint density at radius 3 is 2.25 bits per heavy atom. The molecule has 0 amide bonds. The lowest BCUT2D eigenvalue weighted by Gasteiger charge is -2.26. The van der Waals surface area contributed by atoms with Gasteiger partial charge in [0.25, 0.3) is 0 Å². The maximum absolute atomic E-state index is 5.19. The lowest BCUT2D eigenvalue weighted by molar-refractivity contribution is 0.127. The highest BCUT2D eigenvalue weighted by Gasteiger charge is 2.16. The van der Waals surface area contributed by atoms with Gasteiger partial charge in [-0.05, 0) is 44.4 Å². The Morgan fingerprint density at radius 2 is 1.75 bits per heavy atom. The Kier molecular flexibility index (Phi) is 4.51. The molecule has 0 aliphatic carbocycles. The minimum Gasteiger partial charge on any atom is -0.383 e. The molecule has 1 N–H and O–H groups in total. The van der Waals surface area contributed by atoms with Crippen LogP contribution in [-0.2, 0) is 11.3 Å². The molecule has 0 atom stereocenters. The van der Waals surface area contributed by atoms with Gasteiger partial charge in [0.1, 0.15) is 0 Å². The van der Waals surface area contributed by atoms with Crippen LogP contribution in [0.15, 0.2) is 18.2 Å². The zero-order chi connectivity index (χ0) is 12.2. The van der Waals surface area contributed by atoms with Crippen LogP contribution in [-0.4, -0.2) is 19.3 Å². The van der Waals surface area contributed by atoms with Crippen LogP contribution in [0.5, 0.6) is 0 Å². The van der Waals surface area contributed by atoms with E-state index in [1.54, 1.807) is 7.11 Å². The van der Waals surface area contributed by atoms with Crippen molar-refractivity contribution in [3.05, 3.63) is 34.9 Å². The van der Waals surface area contributed by atoms with Crippen molar-refractivity contribution in [1.29, 1.82) is 0 Å². The predicted molar refractivity (Wildman–Crippen MR) is 68.7 cm³/mol. The smallest absolute Gasteiger partial charge is 0.0639 e. The summed E-state index contributed by atoms with van der Waals surface area (Å²) in [6, 6.07) is 6.43. The fourth-order valence-electron chi connectivity index (χ4n) is 1.87. The molecule has 2 nitrogen and oxygen atoms in total. The molecule has 0 heterocycles. The van der Waals surface area contributed by atoms with E-state index in [2.05, 4.69) is 51.2 Å². The van der Waals surface area contributed by atoms with E-state index in [0.717, 1.165) is 13.2 Å². The topological polar surface area (TPSA) is 21.3 Å². The maximum Gasteiger partial charge on any atom is 0.0639 e. The van der Waals surface area contributed by atoms with Crippen LogP contribution in [0, 0.1) is 13.8 Å². The van der Waals surface area contributed by atoms with Crippen molar-refractivity contribution in [2.45, 2.75) is 39.8 Å². The van der Waals surface area contributed by atoms with Gasteiger partial charge < -0.3 is 10.1 Å². The Morgan fingerprint density at radius 1 is 1.19 bits per heavy atom. The molecule has 0 radical (unpaired) electrons. The Labute approximate surface area is 99.0 Å². The number of nitrogens with one attached hydrogen (secondary N) is 1. The number of rotatable bonds is 5. The maximum atomic E-state index is 5.19. The van der Waals surface area contributed by atoms with Crippen LogP contribution in [0.3, 0.4) is 0 Å². The summed E-state index contributed by atoms with van der Waals surface area (Å²) in [6.45, 7) is 10.3. The first-order chi connectivity index (χ1) is 7.46. The summed E-state index contributed by atoms with van der Waals surface area (Å²) in [5.74, 6) is 0. The predicted octanol–water partition coefficient (Wildman–Crippen LogP) is 2.82. The van der Waals surface area contributed by atoms with Crippen LogP contribution < -0.4 is 5.32 Å². The summed E-state index contributed by atoms with van der Waals surface area (Å²) in [7, 11) is 1.74. The molecule has 0 saturated carbocycles. The minimum atomic E-state index is 0.0173. The number of benzene rings is 1. The number of hydrogen-bond donors (Lipinski definition) is 1. The molecule has 0 bridgehead atoms. The van der Waals surface area contributed by atoms with Crippen molar-refractivity contribution in [3.63, 3.8) is 0 Å². The van der Waals surface area contributed by atoms with E-state index in [1.165, 1.54) is 16.7 Å². The summed E-state index contributed by atoms with van der Waals surface area (Å²) < 4.78 is 5.19. The van der Waals surface area contributed by atoms with Gasteiger partial charge >= 0.3 is 0 Å². The summed E-state index contributed by atoms with van der Waals surface area (Å²) in [5, 5.41) is 3.53. The Balaban J connectivity index is 2.68. The van der Waals surface area contributed by atoms with Crippen LogP contribution in [0.1, 0.15) is 30.5 Å². The van der Waals surface area contributed by atoms with Crippen molar-refractivity contribution in [2.75, 3.05) is 13.7 Å². The second kappa shape index (κ2) is 5.46. The minimum absolute atomic E-state index is 0.0173. The third-order valence-corrected chi connectivity index (χ3v) is 2.89. The van der Waals surface area contributed by atoms with E-state index in [0.29, 0.717) is 0 Å². The molecular formula is C14H23NO. The van der Waals surface area contributed by atoms with E-state index in [-0.39, 0.29) is 5.54 Å². The Hall–Kier alpha value is -0.860. The first kappa shape index (κ1) is 13.2. The molecule has 16 heavy (non-hydrogen) atoms. The average molecular weight is 221 g/mol. The second-order valence-corrected chi connectivity index (χ2v) is 5.04. The van der Waals surface area contributed by atoms with Gasteiger partial charge in [0.2, 0.25) is 0 Å². The lowest BCUT2D eigenvalue weighted by Crippen LogP contribution is -2.42. The third-order valence-electron chi connectivity index (χ3n) is 2.89. The van der Waals surface area contributed by atoms with Gasteiger partial charge in [0.15, 0.2) is 0 Å². The molecule has 0 aromatic heterocycles. The molecule has 0 unspecified atom stereocenters. The highest BCUT2D eigenvalue weighted by molar-refractivity contribution is 5.33. The summed E-state index contributed by atoms with van der Waals surface area (Å²) in [4.78, 5) is 0. The van der Waals surface area contributed by atoms with Gasteiger partial charge in [-0.25, -0.2) is 0 Å². The largest absolute Gasteiger partial charge is 0.383 e. The van der Waals surface area contributed by atoms with Gasteiger partial charge in [0.05, 0.1) is 6.61 Å². The lowest BCUT2D eigenvalue weighted by atomic mass is 10.0. The molecular weight excluding hydrogens is 198 g/mol. The molecule has 1 aromatic rings. The summed E-state index contributed by atoms with van der Waals surface area (Å²) >= 11 is 0. The van der Waals surface area contributed by atoms with E-state index in [9.17, 15) is 0 Å². The standard InChI is InChI=1S/C14H23NO/c1-11-7-6-8-12(2)13(11)9-15-14(3,4)10-16-5/h6-8,15H,9-10H2,1-5H3. The number of ether oxygens (including phenoxy) is 1. The molecule has 0 saturated heterocycles. The van der Waals surface area contributed by atoms with Crippen molar-refractivity contribution >= 4 is 0 Å². The van der Waals surface area contributed by atoms with Crippen molar-refractivity contribution < 1.29 is 4.74 Å². The average Bonchev–Trinajstić information content (AvgIpc) is 2.16. The Bertz CT molecular complexity index is 324. The summed E-state index contributed by atoms with van der Waals surface area (Å²) in [5.41, 5.74) is 4.11. The highest BCUT2D eigenvalue weighted by Crippen LogP contribution is 2.14. The van der Waals surface area contributed by atoms with Gasteiger partial charge in [-0.3, -0.25) is 0 Å². The molecule has 2 heteroatoms. The fourth-order valence-corrected chi connectivity index (χ4v) is 1.87. The zero-order valence-corrected chi connectivity index (χ0v) is 11.1. The third kappa shape index (κ3) is 3.62. The van der Waals surface area contributed by atoms with Crippen LogP contribution in [0.25, 0.3) is 0 Å². The first-order valence-corrected chi connectivity index (χ1v) is 5.75. The van der Waals surface area contributed by atoms with E-state index < -0.39 is 0 Å². The zero-order valence-electron chi connectivity index (χ0n) is 11.1. The van der Waals surface area contributed by atoms with E-state index in [4.69, 9.17) is 4.74 Å². The normalized spacial score (nSPS) is 11.8. The van der Waals surface area contributed by atoms with Crippen LogP contribution in [0.2, 0.25) is 0 Å². The van der Waals surface area contributed by atoms with E-state index >= 15 is 0 Å². The first-order valence-electron chi connectivity index (χ1n) is 5.75. The van der Waals surface area contributed by atoms with Crippen molar-refractivity contribution in [1.82, 2.24) is 5.32 Å². The fraction of sp³-hybridized carbons (Fsp3) is 0.571. The SMILES string of the molecule is COCC(C)(C)NCc1c(C)cccc1C. The van der Waals surface area contributed by atoms with Gasteiger partial charge in [-0.2, -0.15) is 0 Å².